The SMILES string of the molecule is CCOc1ccc(N2C[C@@H](C(=O)Nc3ccc(OC)cc3OC)CC2=O)cc1. The summed E-state index contributed by atoms with van der Waals surface area (Å²) in [6.45, 7) is 2.83. The van der Waals surface area contributed by atoms with Crippen molar-refractivity contribution in [3.8, 4) is 17.2 Å². The zero-order valence-corrected chi connectivity index (χ0v) is 16.2. The number of benzene rings is 2. The maximum absolute atomic E-state index is 12.7. The first-order chi connectivity index (χ1) is 13.5. The normalized spacial score (nSPS) is 16.0. The van der Waals surface area contributed by atoms with Crippen molar-refractivity contribution in [2.75, 3.05) is 37.6 Å². The number of hydrogen-bond donors (Lipinski definition) is 1. The predicted molar refractivity (Wildman–Crippen MR) is 106 cm³/mol. The van der Waals surface area contributed by atoms with Gasteiger partial charge in [0.25, 0.3) is 0 Å². The minimum Gasteiger partial charge on any atom is -0.497 e. The Morgan fingerprint density at radius 3 is 2.46 bits per heavy atom. The monoisotopic (exact) mass is 384 g/mol. The van der Waals surface area contributed by atoms with Crippen molar-refractivity contribution >= 4 is 23.2 Å². The number of carbonyl (C=O) groups excluding carboxylic acids is 2. The molecule has 2 amide bonds. The molecule has 0 unspecified atom stereocenters. The summed E-state index contributed by atoms with van der Waals surface area (Å²) in [4.78, 5) is 26.8. The molecule has 28 heavy (non-hydrogen) atoms. The molecule has 2 aromatic rings. The molecule has 0 radical (unpaired) electrons. The van der Waals surface area contributed by atoms with Crippen molar-refractivity contribution in [3.05, 3.63) is 42.5 Å². The van der Waals surface area contributed by atoms with E-state index in [-0.39, 0.29) is 18.2 Å². The zero-order valence-electron chi connectivity index (χ0n) is 16.2. The number of hydrogen-bond acceptors (Lipinski definition) is 5. The van der Waals surface area contributed by atoms with Crippen LogP contribution in [0.3, 0.4) is 0 Å². The van der Waals surface area contributed by atoms with E-state index in [9.17, 15) is 9.59 Å². The summed E-state index contributed by atoms with van der Waals surface area (Å²) in [6, 6.07) is 12.5. The quantitative estimate of drug-likeness (QED) is 0.794. The number of carbonyl (C=O) groups is 2. The number of anilines is 2. The van der Waals surface area contributed by atoms with Crippen molar-refractivity contribution in [1.29, 1.82) is 0 Å². The van der Waals surface area contributed by atoms with Gasteiger partial charge in [-0.1, -0.05) is 0 Å². The molecule has 7 nitrogen and oxygen atoms in total. The van der Waals surface area contributed by atoms with Gasteiger partial charge >= 0.3 is 0 Å². The van der Waals surface area contributed by atoms with Crippen LogP contribution in [0.5, 0.6) is 17.2 Å². The van der Waals surface area contributed by atoms with E-state index in [0.717, 1.165) is 11.4 Å². The maximum atomic E-state index is 12.7. The third kappa shape index (κ3) is 4.19. The third-order valence-corrected chi connectivity index (χ3v) is 4.62. The Morgan fingerprint density at radius 1 is 1.11 bits per heavy atom. The van der Waals surface area contributed by atoms with Crippen LogP contribution in [0.15, 0.2) is 42.5 Å². The molecule has 7 heteroatoms. The van der Waals surface area contributed by atoms with Crippen LogP contribution in [-0.2, 0) is 9.59 Å². The van der Waals surface area contributed by atoms with Crippen LogP contribution in [-0.4, -0.2) is 39.2 Å². The Balaban J connectivity index is 1.68. The molecule has 1 N–H and O–H groups in total. The molecular weight excluding hydrogens is 360 g/mol. The van der Waals surface area contributed by atoms with Gasteiger partial charge in [-0.2, -0.15) is 0 Å². The molecule has 0 aliphatic carbocycles. The Kier molecular flexibility index (Phi) is 6.03. The summed E-state index contributed by atoms with van der Waals surface area (Å²) in [5.41, 5.74) is 1.30. The lowest BCUT2D eigenvalue weighted by Gasteiger charge is -2.17. The number of methoxy groups -OCH3 is 2. The molecule has 148 valence electrons. The average Bonchev–Trinajstić information content (AvgIpc) is 3.11. The highest BCUT2D eigenvalue weighted by atomic mass is 16.5. The van der Waals surface area contributed by atoms with E-state index in [1.807, 2.05) is 31.2 Å². The maximum Gasteiger partial charge on any atom is 0.229 e. The van der Waals surface area contributed by atoms with Gasteiger partial charge in [-0.15, -0.1) is 0 Å². The first-order valence-electron chi connectivity index (χ1n) is 9.11. The van der Waals surface area contributed by atoms with Crippen LogP contribution >= 0.6 is 0 Å². The molecule has 0 bridgehead atoms. The largest absolute Gasteiger partial charge is 0.497 e. The van der Waals surface area contributed by atoms with Gasteiger partial charge < -0.3 is 24.4 Å². The first kappa shape index (κ1) is 19.5. The summed E-state index contributed by atoms with van der Waals surface area (Å²) in [5.74, 6) is 1.15. The van der Waals surface area contributed by atoms with E-state index >= 15 is 0 Å². The van der Waals surface area contributed by atoms with E-state index in [2.05, 4.69) is 5.32 Å². The van der Waals surface area contributed by atoms with Crippen molar-refractivity contribution < 1.29 is 23.8 Å². The fraction of sp³-hybridized carbons (Fsp3) is 0.333. The Hall–Kier alpha value is -3.22. The molecule has 0 spiro atoms. The Morgan fingerprint density at radius 2 is 1.82 bits per heavy atom. The summed E-state index contributed by atoms with van der Waals surface area (Å²) in [6.07, 6.45) is 0.164. The van der Waals surface area contributed by atoms with Gasteiger partial charge in [-0.25, -0.2) is 0 Å². The Bertz CT molecular complexity index is 850. The van der Waals surface area contributed by atoms with E-state index in [1.54, 1.807) is 30.2 Å². The lowest BCUT2D eigenvalue weighted by Crippen LogP contribution is -2.28. The van der Waals surface area contributed by atoms with Gasteiger partial charge in [-0.05, 0) is 43.3 Å². The second-order valence-electron chi connectivity index (χ2n) is 6.39. The molecular formula is C21H24N2O5. The second-order valence-corrected chi connectivity index (χ2v) is 6.39. The summed E-state index contributed by atoms with van der Waals surface area (Å²) >= 11 is 0. The van der Waals surface area contributed by atoms with E-state index in [4.69, 9.17) is 14.2 Å². The van der Waals surface area contributed by atoms with Gasteiger partial charge in [-0.3, -0.25) is 9.59 Å². The smallest absolute Gasteiger partial charge is 0.229 e. The number of ether oxygens (including phenoxy) is 3. The van der Waals surface area contributed by atoms with Gasteiger partial charge in [0.05, 0.1) is 32.4 Å². The number of nitrogens with one attached hydrogen (secondary N) is 1. The fourth-order valence-corrected chi connectivity index (χ4v) is 3.16. The van der Waals surface area contributed by atoms with Crippen LogP contribution in [0.1, 0.15) is 13.3 Å². The van der Waals surface area contributed by atoms with Crippen LogP contribution in [0.4, 0.5) is 11.4 Å². The van der Waals surface area contributed by atoms with Crippen molar-refractivity contribution in [3.63, 3.8) is 0 Å². The van der Waals surface area contributed by atoms with Crippen LogP contribution in [0.2, 0.25) is 0 Å². The van der Waals surface area contributed by atoms with E-state index in [1.165, 1.54) is 7.11 Å². The molecule has 2 aromatic carbocycles. The highest BCUT2D eigenvalue weighted by Crippen LogP contribution is 2.31. The molecule has 1 fully saturated rings. The molecule has 1 aliphatic heterocycles. The van der Waals surface area contributed by atoms with Crippen molar-refractivity contribution in [2.45, 2.75) is 13.3 Å². The average molecular weight is 384 g/mol. The van der Waals surface area contributed by atoms with Gasteiger partial charge in [0.15, 0.2) is 0 Å². The number of amides is 2. The fourth-order valence-electron chi connectivity index (χ4n) is 3.16. The molecule has 1 atom stereocenters. The van der Waals surface area contributed by atoms with Gasteiger partial charge in [0.1, 0.15) is 17.2 Å². The standard InChI is InChI=1S/C21H24N2O5/c1-4-28-16-7-5-15(6-8-16)23-13-14(11-20(23)24)21(25)22-18-10-9-17(26-2)12-19(18)27-3/h5-10,12,14H,4,11,13H2,1-3H3,(H,22,25)/t14-/m0/s1. The number of nitrogens with zero attached hydrogens (tertiary/aromatic N) is 1. The van der Waals surface area contributed by atoms with Crippen LogP contribution in [0.25, 0.3) is 0 Å². The predicted octanol–water partition coefficient (Wildman–Crippen LogP) is 3.09. The molecule has 0 saturated carbocycles. The van der Waals surface area contributed by atoms with Crippen LogP contribution < -0.4 is 24.4 Å². The Labute approximate surface area is 164 Å². The highest BCUT2D eigenvalue weighted by Gasteiger charge is 2.35. The molecule has 1 heterocycles. The van der Waals surface area contributed by atoms with Crippen molar-refractivity contribution in [2.24, 2.45) is 5.92 Å². The topological polar surface area (TPSA) is 77.1 Å². The van der Waals surface area contributed by atoms with Crippen molar-refractivity contribution in [1.82, 2.24) is 0 Å². The van der Waals surface area contributed by atoms with Gasteiger partial charge in [0, 0.05) is 24.7 Å². The number of rotatable bonds is 7. The summed E-state index contributed by atoms with van der Waals surface area (Å²) in [7, 11) is 3.09. The summed E-state index contributed by atoms with van der Waals surface area (Å²) in [5, 5.41) is 2.85. The van der Waals surface area contributed by atoms with E-state index < -0.39 is 5.92 Å². The highest BCUT2D eigenvalue weighted by molar-refractivity contribution is 6.04. The van der Waals surface area contributed by atoms with Crippen LogP contribution in [0, 0.1) is 5.92 Å². The lowest BCUT2D eigenvalue weighted by atomic mass is 10.1. The minimum absolute atomic E-state index is 0.0778. The molecule has 3 rings (SSSR count). The zero-order chi connectivity index (χ0) is 20.1. The minimum atomic E-state index is -0.439. The lowest BCUT2D eigenvalue weighted by molar-refractivity contribution is -0.122. The third-order valence-electron chi connectivity index (χ3n) is 4.62. The second kappa shape index (κ2) is 8.65. The van der Waals surface area contributed by atoms with E-state index in [0.29, 0.717) is 30.3 Å². The molecule has 1 saturated heterocycles. The van der Waals surface area contributed by atoms with Gasteiger partial charge in [0.2, 0.25) is 11.8 Å². The molecule has 0 aromatic heterocycles. The first-order valence-corrected chi connectivity index (χ1v) is 9.11. The summed E-state index contributed by atoms with van der Waals surface area (Å²) < 4.78 is 15.9. The molecule has 1 aliphatic rings.